The van der Waals surface area contributed by atoms with Crippen molar-refractivity contribution in [2.24, 2.45) is 0 Å². The quantitative estimate of drug-likeness (QED) is 0.868. The van der Waals surface area contributed by atoms with Gasteiger partial charge in [0.25, 0.3) is 0 Å². The molecule has 1 atom stereocenters. The molecule has 3 rings (SSSR count). The Kier molecular flexibility index (Phi) is 5.67. The Bertz CT molecular complexity index is 634. The average Bonchev–Trinajstić information content (AvgIpc) is 3.00. The van der Waals surface area contributed by atoms with E-state index in [1.807, 2.05) is 19.1 Å². The third kappa shape index (κ3) is 4.54. The van der Waals surface area contributed by atoms with Crippen molar-refractivity contribution in [1.29, 1.82) is 0 Å². The van der Waals surface area contributed by atoms with E-state index in [-0.39, 0.29) is 11.9 Å². The van der Waals surface area contributed by atoms with Crippen LogP contribution in [0, 0.1) is 0 Å². The summed E-state index contributed by atoms with van der Waals surface area (Å²) in [6.45, 7) is 2.02. The number of amides is 1. The number of carbonyl (C=O) groups is 1. The van der Waals surface area contributed by atoms with E-state index in [0.717, 1.165) is 23.6 Å². The third-order valence-corrected chi connectivity index (χ3v) is 6.21. The lowest BCUT2D eigenvalue weighted by Crippen LogP contribution is -2.28. The number of aromatic nitrogens is 2. The van der Waals surface area contributed by atoms with Crippen LogP contribution in [-0.4, -0.2) is 21.6 Å². The van der Waals surface area contributed by atoms with Crippen molar-refractivity contribution in [1.82, 2.24) is 15.3 Å². The number of nitrogens with one attached hydrogen (secondary N) is 1. The molecule has 0 radical (unpaired) electrons. The van der Waals surface area contributed by atoms with Crippen LogP contribution in [0.25, 0.3) is 0 Å². The fourth-order valence-electron chi connectivity index (χ4n) is 2.64. The number of hydrogen-bond acceptors (Lipinski definition) is 5. The molecule has 122 valence electrons. The van der Waals surface area contributed by atoms with Crippen LogP contribution in [0.3, 0.4) is 0 Å². The van der Waals surface area contributed by atoms with Crippen molar-refractivity contribution >= 4 is 29.0 Å². The maximum atomic E-state index is 12.1. The fraction of sp³-hybridized carbons (Fsp3) is 0.471. The number of carbonyl (C=O) groups excluding carboxylic acids is 1. The van der Waals surface area contributed by atoms with Gasteiger partial charge in [0.05, 0.1) is 17.5 Å². The second-order valence-corrected chi connectivity index (χ2v) is 7.87. The van der Waals surface area contributed by atoms with Gasteiger partial charge in [-0.2, -0.15) is 0 Å². The highest BCUT2D eigenvalue weighted by atomic mass is 32.2. The van der Waals surface area contributed by atoms with Crippen LogP contribution in [-0.2, 0) is 23.4 Å². The van der Waals surface area contributed by atoms with Gasteiger partial charge in [0.2, 0.25) is 5.91 Å². The minimum Gasteiger partial charge on any atom is -0.346 e. The summed E-state index contributed by atoms with van der Waals surface area (Å²) < 4.78 is 0. The largest absolute Gasteiger partial charge is 0.346 e. The monoisotopic (exact) mass is 347 g/mol. The Labute approximate surface area is 145 Å². The second-order valence-electron chi connectivity index (χ2n) is 5.77. The van der Waals surface area contributed by atoms with E-state index in [1.54, 1.807) is 35.5 Å². The molecule has 0 aliphatic heterocycles. The lowest BCUT2D eigenvalue weighted by Gasteiger charge is -2.11. The first-order valence-corrected chi connectivity index (χ1v) is 9.94. The first kappa shape index (κ1) is 16.5. The number of pyridine rings is 1. The molecule has 1 N–H and O–H groups in total. The molecule has 1 aliphatic rings. The predicted octanol–water partition coefficient (Wildman–Crippen LogP) is 3.53. The van der Waals surface area contributed by atoms with Crippen molar-refractivity contribution in [3.05, 3.63) is 45.7 Å². The van der Waals surface area contributed by atoms with E-state index < -0.39 is 0 Å². The summed E-state index contributed by atoms with van der Waals surface area (Å²) in [5.41, 5.74) is 2.45. The van der Waals surface area contributed by atoms with E-state index in [2.05, 4.69) is 10.3 Å². The van der Waals surface area contributed by atoms with Crippen LogP contribution in [0.5, 0.6) is 0 Å². The molecular formula is C17H21N3OS2. The number of aryl methyl sites for hydroxylation is 2. The minimum absolute atomic E-state index is 0.000347. The van der Waals surface area contributed by atoms with Crippen LogP contribution in [0.15, 0.2) is 24.5 Å². The number of thioether (sulfide) groups is 1. The highest BCUT2D eigenvalue weighted by Crippen LogP contribution is 2.29. The fourth-order valence-corrected chi connectivity index (χ4v) is 4.60. The van der Waals surface area contributed by atoms with Crippen LogP contribution in [0.1, 0.15) is 46.9 Å². The van der Waals surface area contributed by atoms with E-state index in [4.69, 9.17) is 4.98 Å². The molecule has 1 amide bonds. The van der Waals surface area contributed by atoms with Gasteiger partial charge in [-0.3, -0.25) is 9.78 Å². The van der Waals surface area contributed by atoms with Gasteiger partial charge in [-0.25, -0.2) is 4.98 Å². The van der Waals surface area contributed by atoms with Gasteiger partial charge in [0.1, 0.15) is 5.01 Å². The van der Waals surface area contributed by atoms with E-state index in [9.17, 15) is 4.79 Å². The Balaban J connectivity index is 1.46. The van der Waals surface area contributed by atoms with Gasteiger partial charge in [0.15, 0.2) is 0 Å². The maximum absolute atomic E-state index is 12.1. The molecular weight excluding hydrogens is 326 g/mol. The third-order valence-electron chi connectivity index (χ3n) is 3.86. The molecule has 0 spiro atoms. The molecule has 0 saturated heterocycles. The van der Waals surface area contributed by atoms with Gasteiger partial charge >= 0.3 is 0 Å². The highest BCUT2D eigenvalue weighted by molar-refractivity contribution is 7.99. The number of fused-ring (bicyclic) bond motifs is 1. The van der Waals surface area contributed by atoms with Gasteiger partial charge in [-0.15, -0.1) is 23.1 Å². The Morgan fingerprint density at radius 1 is 1.35 bits per heavy atom. The van der Waals surface area contributed by atoms with Crippen LogP contribution < -0.4 is 5.32 Å². The lowest BCUT2D eigenvalue weighted by atomic mass is 10.0. The maximum Gasteiger partial charge on any atom is 0.230 e. The van der Waals surface area contributed by atoms with E-state index >= 15 is 0 Å². The zero-order valence-corrected chi connectivity index (χ0v) is 14.9. The number of hydrogen-bond donors (Lipinski definition) is 1. The SMILES string of the molecule is C[C@H](NC(=O)CSCc1ccncc1)c1nc2c(s1)CCCC2. The van der Waals surface area contributed by atoms with E-state index in [0.29, 0.717) is 5.75 Å². The molecule has 1 aliphatic carbocycles. The summed E-state index contributed by atoms with van der Waals surface area (Å²) in [6, 6.07) is 3.96. The summed E-state index contributed by atoms with van der Waals surface area (Å²) >= 11 is 3.39. The summed E-state index contributed by atoms with van der Waals surface area (Å²) in [5, 5.41) is 4.11. The van der Waals surface area contributed by atoms with Crippen molar-refractivity contribution in [2.75, 3.05) is 5.75 Å². The first-order valence-electron chi connectivity index (χ1n) is 7.97. The predicted molar refractivity (Wildman–Crippen MR) is 95.7 cm³/mol. The van der Waals surface area contributed by atoms with Gasteiger partial charge in [0, 0.05) is 23.0 Å². The van der Waals surface area contributed by atoms with Crippen LogP contribution >= 0.6 is 23.1 Å². The highest BCUT2D eigenvalue weighted by Gasteiger charge is 2.19. The normalized spacial score (nSPS) is 15.0. The standard InChI is InChI=1S/C17H21N3OS2/c1-12(17-20-14-4-2-3-5-15(14)23-17)19-16(21)11-22-10-13-6-8-18-9-7-13/h6-9,12H,2-5,10-11H2,1H3,(H,19,21)/t12-/m0/s1. The molecule has 23 heavy (non-hydrogen) atoms. The summed E-state index contributed by atoms with van der Waals surface area (Å²) in [6.07, 6.45) is 8.30. The van der Waals surface area contributed by atoms with Crippen LogP contribution in [0.4, 0.5) is 0 Å². The molecule has 2 heterocycles. The van der Waals surface area contributed by atoms with Gasteiger partial charge < -0.3 is 5.32 Å². The lowest BCUT2D eigenvalue weighted by molar-refractivity contribution is -0.119. The number of thiazole rings is 1. The topological polar surface area (TPSA) is 54.9 Å². The second kappa shape index (κ2) is 7.93. The number of rotatable bonds is 6. The molecule has 0 bridgehead atoms. The van der Waals surface area contributed by atoms with E-state index in [1.165, 1.54) is 29.0 Å². The molecule has 0 saturated carbocycles. The zero-order chi connectivity index (χ0) is 16.1. The Hall–Kier alpha value is -1.40. The summed E-state index contributed by atoms with van der Waals surface area (Å²) in [7, 11) is 0. The van der Waals surface area contributed by atoms with Crippen molar-refractivity contribution in [3.8, 4) is 0 Å². The molecule has 0 fully saturated rings. The van der Waals surface area contributed by atoms with Crippen LogP contribution in [0.2, 0.25) is 0 Å². The molecule has 0 aromatic carbocycles. The van der Waals surface area contributed by atoms with Crippen molar-refractivity contribution in [3.63, 3.8) is 0 Å². The molecule has 4 nitrogen and oxygen atoms in total. The molecule has 0 unspecified atom stereocenters. The summed E-state index contributed by atoms with van der Waals surface area (Å²) in [5.74, 6) is 1.37. The van der Waals surface area contributed by atoms with Gasteiger partial charge in [-0.05, 0) is 50.3 Å². The van der Waals surface area contributed by atoms with Gasteiger partial charge in [-0.1, -0.05) is 0 Å². The minimum atomic E-state index is -0.000347. The smallest absolute Gasteiger partial charge is 0.230 e. The first-order chi connectivity index (χ1) is 11.2. The molecule has 2 aromatic rings. The molecule has 2 aromatic heterocycles. The summed E-state index contributed by atoms with van der Waals surface area (Å²) in [4.78, 5) is 22.2. The average molecular weight is 348 g/mol. The molecule has 6 heteroatoms. The van der Waals surface area contributed by atoms with Crippen molar-refractivity contribution in [2.45, 2.75) is 44.4 Å². The Morgan fingerprint density at radius 2 is 2.13 bits per heavy atom. The number of nitrogens with zero attached hydrogens (tertiary/aromatic N) is 2. The Morgan fingerprint density at radius 3 is 2.91 bits per heavy atom. The zero-order valence-electron chi connectivity index (χ0n) is 13.2. The van der Waals surface area contributed by atoms with Crippen molar-refractivity contribution < 1.29 is 4.79 Å².